The molecule has 1 heterocycles. The lowest BCUT2D eigenvalue weighted by Gasteiger charge is -2.17. The van der Waals surface area contributed by atoms with Gasteiger partial charge in [-0.15, -0.1) is 0 Å². The Bertz CT molecular complexity index is 551. The normalized spacial score (nSPS) is 20.2. The van der Waals surface area contributed by atoms with Crippen molar-refractivity contribution in [2.45, 2.75) is 30.4 Å². The van der Waals surface area contributed by atoms with Crippen LogP contribution in [0.1, 0.15) is 25.0 Å². The number of sulfonamides is 1. The Kier molecular flexibility index (Phi) is 4.42. The summed E-state index contributed by atoms with van der Waals surface area (Å²) in [5.74, 6) is 0.383. The zero-order valence-corrected chi connectivity index (χ0v) is 12.4. The highest BCUT2D eigenvalue weighted by Crippen LogP contribution is 2.27. The second kappa shape index (κ2) is 5.69. The van der Waals surface area contributed by atoms with Gasteiger partial charge in [-0.1, -0.05) is 35.1 Å². The fourth-order valence-corrected chi connectivity index (χ4v) is 4.83. The van der Waals surface area contributed by atoms with E-state index in [9.17, 15) is 8.42 Å². The quantitative estimate of drug-likeness (QED) is 0.870. The van der Waals surface area contributed by atoms with E-state index in [-0.39, 0.29) is 8.68 Å². The summed E-state index contributed by atoms with van der Waals surface area (Å²) >= 11 is 6.72. The van der Waals surface area contributed by atoms with Gasteiger partial charge in [-0.2, -0.15) is 0 Å². The first-order chi connectivity index (χ1) is 8.49. The number of thiazole rings is 1. The molecule has 1 aliphatic carbocycles. The van der Waals surface area contributed by atoms with Crippen molar-refractivity contribution in [3.05, 3.63) is 22.3 Å². The number of halogens is 1. The van der Waals surface area contributed by atoms with Crippen LogP contribution in [0.3, 0.4) is 0 Å². The first-order valence-corrected chi connectivity index (χ1v) is 8.44. The Morgan fingerprint density at radius 2 is 2.33 bits per heavy atom. The number of allylic oxidation sites excluding steroid dienone is 2. The van der Waals surface area contributed by atoms with Gasteiger partial charge in [-0.3, -0.25) is 0 Å². The maximum absolute atomic E-state index is 12.1. The highest BCUT2D eigenvalue weighted by Gasteiger charge is 2.22. The number of nitrogens with zero attached hydrogens (tertiary/aromatic N) is 1. The van der Waals surface area contributed by atoms with Gasteiger partial charge in [-0.25, -0.2) is 18.1 Å². The fraction of sp³-hybridized carbons (Fsp3) is 0.545. The van der Waals surface area contributed by atoms with Gasteiger partial charge in [0, 0.05) is 6.54 Å². The van der Waals surface area contributed by atoms with Crippen LogP contribution in [0.4, 0.5) is 0 Å². The lowest BCUT2D eigenvalue weighted by molar-refractivity contribution is 0.468. The molecule has 0 saturated heterocycles. The average Bonchev–Trinajstić information content (AvgIpc) is 2.68. The van der Waals surface area contributed by atoms with Crippen molar-refractivity contribution in [3.63, 3.8) is 0 Å². The SMILES string of the molecule is Cc1nc(Cl)sc1S(=O)(=O)NCC1CC=CCC1. The molecule has 0 spiro atoms. The second-order valence-electron chi connectivity index (χ2n) is 4.34. The molecule has 4 nitrogen and oxygen atoms in total. The first-order valence-electron chi connectivity index (χ1n) is 5.76. The van der Waals surface area contributed by atoms with E-state index >= 15 is 0 Å². The molecular weight excluding hydrogens is 292 g/mol. The molecule has 1 aliphatic rings. The summed E-state index contributed by atoms with van der Waals surface area (Å²) in [7, 11) is -3.47. The van der Waals surface area contributed by atoms with Crippen molar-refractivity contribution in [2.24, 2.45) is 5.92 Å². The predicted octanol–water partition coefficient (Wildman–Crippen LogP) is 2.74. The lowest BCUT2D eigenvalue weighted by Crippen LogP contribution is -2.29. The molecule has 1 unspecified atom stereocenters. The molecule has 0 amide bonds. The average molecular weight is 307 g/mol. The molecular formula is C11H15ClN2O2S2. The second-order valence-corrected chi connectivity index (χ2v) is 7.89. The third-order valence-corrected chi connectivity index (χ3v) is 6.21. The molecule has 0 bridgehead atoms. The highest BCUT2D eigenvalue weighted by molar-refractivity contribution is 7.91. The third-order valence-electron chi connectivity index (χ3n) is 2.91. The van der Waals surface area contributed by atoms with Gasteiger partial charge < -0.3 is 0 Å². The molecule has 1 atom stereocenters. The molecule has 0 radical (unpaired) electrons. The molecule has 1 aromatic heterocycles. The van der Waals surface area contributed by atoms with Crippen LogP contribution in [0.25, 0.3) is 0 Å². The van der Waals surface area contributed by atoms with Crippen LogP contribution in [-0.2, 0) is 10.0 Å². The smallest absolute Gasteiger partial charge is 0.229 e. The summed E-state index contributed by atoms with van der Waals surface area (Å²) in [5, 5.41) is 0. The minimum Gasteiger partial charge on any atom is -0.229 e. The summed E-state index contributed by atoms with van der Waals surface area (Å²) < 4.78 is 27.3. The first kappa shape index (κ1) is 14.0. The molecule has 18 heavy (non-hydrogen) atoms. The lowest BCUT2D eigenvalue weighted by atomic mass is 9.95. The number of hydrogen-bond donors (Lipinski definition) is 1. The number of aromatic nitrogens is 1. The Morgan fingerprint density at radius 3 is 2.89 bits per heavy atom. The summed E-state index contributed by atoms with van der Waals surface area (Å²) in [6.07, 6.45) is 7.24. The summed E-state index contributed by atoms with van der Waals surface area (Å²) in [6.45, 7) is 2.13. The standard InChI is InChI=1S/C11H15ClN2O2S2/c1-8-10(17-11(12)14-8)18(15,16)13-7-9-5-3-2-4-6-9/h2-3,9,13H,4-7H2,1H3. The van der Waals surface area contributed by atoms with Crippen LogP contribution in [0.15, 0.2) is 16.4 Å². The number of aryl methyl sites for hydroxylation is 1. The van der Waals surface area contributed by atoms with Crippen molar-refractivity contribution >= 4 is 33.0 Å². The number of hydrogen-bond acceptors (Lipinski definition) is 4. The van der Waals surface area contributed by atoms with E-state index in [2.05, 4.69) is 21.9 Å². The molecule has 0 aromatic carbocycles. The van der Waals surface area contributed by atoms with Crippen molar-refractivity contribution < 1.29 is 8.42 Å². The molecule has 0 fully saturated rings. The van der Waals surface area contributed by atoms with Crippen LogP contribution < -0.4 is 4.72 Å². The van der Waals surface area contributed by atoms with E-state index in [1.54, 1.807) is 6.92 Å². The minimum atomic E-state index is -3.47. The van der Waals surface area contributed by atoms with Crippen molar-refractivity contribution in [3.8, 4) is 0 Å². The van der Waals surface area contributed by atoms with Crippen LogP contribution in [-0.4, -0.2) is 19.9 Å². The fourth-order valence-electron chi connectivity index (χ4n) is 1.93. The van der Waals surface area contributed by atoms with Gasteiger partial charge in [0.2, 0.25) is 0 Å². The Hall–Kier alpha value is -0.430. The van der Waals surface area contributed by atoms with Gasteiger partial charge in [0.15, 0.2) is 8.68 Å². The van der Waals surface area contributed by atoms with Gasteiger partial charge in [0.25, 0.3) is 10.0 Å². The molecule has 100 valence electrons. The molecule has 1 N–H and O–H groups in total. The molecule has 0 aliphatic heterocycles. The molecule has 0 saturated carbocycles. The van der Waals surface area contributed by atoms with Crippen molar-refractivity contribution in [1.82, 2.24) is 9.71 Å². The number of rotatable bonds is 4. The highest BCUT2D eigenvalue weighted by atomic mass is 35.5. The Balaban J connectivity index is 2.03. The van der Waals surface area contributed by atoms with E-state index in [1.807, 2.05) is 0 Å². The molecule has 2 rings (SSSR count). The van der Waals surface area contributed by atoms with Crippen molar-refractivity contribution in [2.75, 3.05) is 6.54 Å². The summed E-state index contributed by atoms with van der Waals surface area (Å²) in [4.78, 5) is 3.93. The molecule has 1 aromatic rings. The van der Waals surface area contributed by atoms with Crippen LogP contribution in [0, 0.1) is 12.8 Å². The zero-order chi connectivity index (χ0) is 13.2. The zero-order valence-electron chi connectivity index (χ0n) is 10.0. The van der Waals surface area contributed by atoms with Gasteiger partial charge >= 0.3 is 0 Å². The van der Waals surface area contributed by atoms with Gasteiger partial charge in [-0.05, 0) is 32.1 Å². The van der Waals surface area contributed by atoms with E-state index in [0.717, 1.165) is 30.6 Å². The van der Waals surface area contributed by atoms with E-state index in [4.69, 9.17) is 11.6 Å². The summed E-state index contributed by atoms with van der Waals surface area (Å²) in [5.41, 5.74) is 0.459. The van der Waals surface area contributed by atoms with Gasteiger partial charge in [0.05, 0.1) is 5.69 Å². The maximum Gasteiger partial charge on any atom is 0.251 e. The predicted molar refractivity (Wildman–Crippen MR) is 73.5 cm³/mol. The van der Waals surface area contributed by atoms with Crippen LogP contribution in [0.5, 0.6) is 0 Å². The topological polar surface area (TPSA) is 59.1 Å². The van der Waals surface area contributed by atoms with Crippen LogP contribution in [0.2, 0.25) is 4.47 Å². The third kappa shape index (κ3) is 3.32. The van der Waals surface area contributed by atoms with Crippen molar-refractivity contribution in [1.29, 1.82) is 0 Å². The Morgan fingerprint density at radius 1 is 1.56 bits per heavy atom. The van der Waals surface area contributed by atoms with E-state index in [1.165, 1.54) is 0 Å². The van der Waals surface area contributed by atoms with Gasteiger partial charge in [0.1, 0.15) is 0 Å². The Labute approximate surface area is 116 Å². The summed E-state index contributed by atoms with van der Waals surface area (Å²) in [6, 6.07) is 0. The minimum absolute atomic E-state index is 0.221. The number of nitrogens with one attached hydrogen (secondary N) is 1. The van der Waals surface area contributed by atoms with Crippen LogP contribution >= 0.6 is 22.9 Å². The monoisotopic (exact) mass is 306 g/mol. The van der Waals surface area contributed by atoms with E-state index < -0.39 is 10.0 Å². The van der Waals surface area contributed by atoms with E-state index in [0.29, 0.717) is 18.2 Å². The molecule has 7 heteroatoms. The largest absolute Gasteiger partial charge is 0.251 e. The maximum atomic E-state index is 12.1.